The zero-order valence-electron chi connectivity index (χ0n) is 21.5. The van der Waals surface area contributed by atoms with Crippen LogP contribution in [0.3, 0.4) is 0 Å². The molecule has 0 aliphatic heterocycles. The fourth-order valence-corrected chi connectivity index (χ4v) is 7.74. The van der Waals surface area contributed by atoms with E-state index in [1.54, 1.807) is 6.07 Å². The Bertz CT molecular complexity index is 1430. The van der Waals surface area contributed by atoms with Gasteiger partial charge < -0.3 is 14.2 Å². The van der Waals surface area contributed by atoms with Crippen LogP contribution in [0.15, 0.2) is 133 Å². The molecule has 0 aliphatic rings. The van der Waals surface area contributed by atoms with Crippen LogP contribution < -0.4 is 30.3 Å². The van der Waals surface area contributed by atoms with Crippen molar-refractivity contribution in [1.29, 1.82) is 0 Å². The predicted octanol–water partition coefficient (Wildman–Crippen LogP) is 6.80. The molecule has 5 aromatic rings. The van der Waals surface area contributed by atoms with E-state index in [-0.39, 0.29) is 5.56 Å². The van der Waals surface area contributed by atoms with Crippen molar-refractivity contribution in [2.24, 2.45) is 0 Å². The number of carboxylic acids is 1. The van der Waals surface area contributed by atoms with E-state index in [9.17, 15) is 9.90 Å². The van der Waals surface area contributed by atoms with Crippen LogP contribution in [0.5, 0.6) is 11.5 Å². The summed E-state index contributed by atoms with van der Waals surface area (Å²) >= 11 is 0. The third-order valence-corrected chi connectivity index (χ3v) is 9.96. The Morgan fingerprint density at radius 2 is 1.00 bits per heavy atom. The minimum Gasteiger partial charge on any atom is -0.478 e. The van der Waals surface area contributed by atoms with E-state index in [4.69, 9.17) is 9.05 Å². The summed E-state index contributed by atoms with van der Waals surface area (Å²) in [5.41, 5.74) is 0.843. The number of rotatable bonds is 10. The van der Waals surface area contributed by atoms with E-state index in [1.165, 1.54) is 0 Å². The van der Waals surface area contributed by atoms with Gasteiger partial charge in [-0.05, 0) is 12.5 Å². The molecule has 0 unspecified atom stereocenters. The molecule has 194 valence electrons. The lowest BCUT2D eigenvalue weighted by Gasteiger charge is -2.24. The highest BCUT2D eigenvalue weighted by atomic mass is 31.1. The highest BCUT2D eigenvalue weighted by Gasteiger charge is 2.24. The lowest BCUT2D eigenvalue weighted by atomic mass is 10.0. The molecule has 0 saturated heterocycles. The van der Waals surface area contributed by atoms with Gasteiger partial charge in [0.05, 0.1) is 5.56 Å². The molecule has 6 heteroatoms. The Morgan fingerprint density at radius 3 is 1.36 bits per heavy atom. The monoisotopic (exact) mass is 550 g/mol. The van der Waals surface area contributed by atoms with Gasteiger partial charge >= 0.3 is 5.97 Å². The van der Waals surface area contributed by atoms with Crippen LogP contribution in [0.1, 0.15) is 22.8 Å². The lowest BCUT2D eigenvalue weighted by Crippen LogP contribution is -2.17. The largest absolute Gasteiger partial charge is 0.478 e. The summed E-state index contributed by atoms with van der Waals surface area (Å²) in [6.45, 7) is 1.95. The molecule has 0 saturated carbocycles. The Hall–Kier alpha value is -3.97. The second kappa shape index (κ2) is 12.7. The minimum absolute atomic E-state index is 0.192. The van der Waals surface area contributed by atoms with Crippen molar-refractivity contribution < 1.29 is 18.9 Å². The van der Waals surface area contributed by atoms with E-state index >= 15 is 0 Å². The highest BCUT2D eigenvalue weighted by molar-refractivity contribution is 7.69. The molecule has 0 aromatic heterocycles. The van der Waals surface area contributed by atoms with E-state index < -0.39 is 22.3 Å². The molecule has 0 bridgehead atoms. The summed E-state index contributed by atoms with van der Waals surface area (Å²) in [6.07, 6.45) is 0.510. The van der Waals surface area contributed by atoms with Gasteiger partial charge in [0.15, 0.2) is 16.3 Å². The molecular formula is C33H28O4P2. The van der Waals surface area contributed by atoms with Gasteiger partial charge in [0, 0.05) is 32.8 Å². The molecule has 0 spiro atoms. The van der Waals surface area contributed by atoms with Gasteiger partial charge in [0.2, 0.25) is 0 Å². The van der Waals surface area contributed by atoms with Crippen LogP contribution in [0.25, 0.3) is 0 Å². The first-order valence-electron chi connectivity index (χ1n) is 12.7. The molecule has 5 rings (SSSR count). The molecule has 0 amide bonds. The van der Waals surface area contributed by atoms with Crippen LogP contribution in [-0.4, -0.2) is 11.1 Å². The molecule has 0 atom stereocenters. The summed E-state index contributed by atoms with van der Waals surface area (Å²) in [7, 11) is -2.48. The smallest absolute Gasteiger partial charge is 0.336 e. The fraction of sp³-hybridized carbons (Fsp3) is 0.0606. The third kappa shape index (κ3) is 6.37. The molecule has 5 aromatic carbocycles. The van der Waals surface area contributed by atoms with Crippen molar-refractivity contribution in [3.8, 4) is 11.5 Å². The number of benzene rings is 5. The van der Waals surface area contributed by atoms with Gasteiger partial charge in [-0.3, -0.25) is 0 Å². The number of carboxylic acid groups (broad SMARTS) is 1. The van der Waals surface area contributed by atoms with Crippen LogP contribution in [0.2, 0.25) is 0 Å². The minimum atomic E-state index is -1.24. The maximum absolute atomic E-state index is 12.4. The van der Waals surface area contributed by atoms with Gasteiger partial charge in [0.1, 0.15) is 11.5 Å². The van der Waals surface area contributed by atoms with Crippen molar-refractivity contribution in [1.82, 2.24) is 0 Å². The molecule has 0 radical (unpaired) electrons. The Kier molecular flexibility index (Phi) is 8.68. The zero-order valence-corrected chi connectivity index (χ0v) is 23.3. The van der Waals surface area contributed by atoms with Crippen molar-refractivity contribution in [3.05, 3.63) is 145 Å². The summed E-state index contributed by atoms with van der Waals surface area (Å²) in [6, 6.07) is 43.7. The second-order valence-corrected chi connectivity index (χ2v) is 12.3. The van der Waals surface area contributed by atoms with Crippen LogP contribution in [-0.2, 0) is 6.42 Å². The first-order valence-corrected chi connectivity index (χ1v) is 15.2. The highest BCUT2D eigenvalue weighted by Crippen LogP contribution is 2.44. The molecule has 0 fully saturated rings. The SMILES string of the molecule is CCc1c(OP(c2ccccc2)c2ccccc2)cc(OP(c2ccccc2)c2ccccc2)cc1C(=O)O. The number of aromatic carboxylic acids is 1. The summed E-state index contributed by atoms with van der Waals surface area (Å²) in [5.74, 6) is -0.00793. The van der Waals surface area contributed by atoms with E-state index in [1.807, 2.05) is 134 Å². The second-order valence-electron chi connectivity index (χ2n) is 8.72. The Labute approximate surface area is 231 Å². The van der Waals surface area contributed by atoms with Crippen molar-refractivity contribution >= 4 is 43.5 Å². The maximum atomic E-state index is 12.4. The molecular weight excluding hydrogens is 522 g/mol. The van der Waals surface area contributed by atoms with Crippen LogP contribution in [0, 0.1) is 0 Å². The van der Waals surface area contributed by atoms with Crippen molar-refractivity contribution in [2.45, 2.75) is 13.3 Å². The summed E-state index contributed by atoms with van der Waals surface area (Å²) in [5, 5.41) is 14.3. The van der Waals surface area contributed by atoms with Crippen molar-refractivity contribution in [2.75, 3.05) is 0 Å². The normalized spacial score (nSPS) is 10.9. The fourth-order valence-electron chi connectivity index (χ4n) is 4.28. The van der Waals surface area contributed by atoms with Gasteiger partial charge in [-0.1, -0.05) is 128 Å². The molecule has 0 heterocycles. The van der Waals surface area contributed by atoms with Crippen LogP contribution in [0.4, 0.5) is 0 Å². The predicted molar refractivity (Wildman–Crippen MR) is 162 cm³/mol. The quantitative estimate of drug-likeness (QED) is 0.194. The summed E-state index contributed by atoms with van der Waals surface area (Å²) in [4.78, 5) is 12.4. The molecule has 4 nitrogen and oxygen atoms in total. The topological polar surface area (TPSA) is 55.8 Å². The van der Waals surface area contributed by atoms with Gasteiger partial charge in [-0.25, -0.2) is 4.79 Å². The van der Waals surface area contributed by atoms with Gasteiger partial charge in [-0.15, -0.1) is 0 Å². The number of hydrogen-bond acceptors (Lipinski definition) is 3. The lowest BCUT2D eigenvalue weighted by molar-refractivity contribution is 0.0695. The number of hydrogen-bond donors (Lipinski definition) is 1. The molecule has 0 aliphatic carbocycles. The maximum Gasteiger partial charge on any atom is 0.336 e. The third-order valence-electron chi connectivity index (χ3n) is 6.12. The average molecular weight is 551 g/mol. The Balaban J connectivity index is 1.60. The Morgan fingerprint density at radius 1 is 0.615 bits per heavy atom. The summed E-state index contributed by atoms with van der Waals surface area (Å²) < 4.78 is 13.4. The van der Waals surface area contributed by atoms with Crippen LogP contribution >= 0.6 is 16.3 Å². The number of carbonyl (C=O) groups is 1. The van der Waals surface area contributed by atoms with Gasteiger partial charge in [-0.2, -0.15) is 0 Å². The van der Waals surface area contributed by atoms with E-state index in [0.717, 1.165) is 21.2 Å². The first kappa shape index (κ1) is 26.6. The van der Waals surface area contributed by atoms with Crippen molar-refractivity contribution in [3.63, 3.8) is 0 Å². The molecule has 39 heavy (non-hydrogen) atoms. The first-order chi connectivity index (χ1) is 19.1. The average Bonchev–Trinajstić information content (AvgIpc) is 3.00. The van der Waals surface area contributed by atoms with E-state index in [2.05, 4.69) is 0 Å². The van der Waals surface area contributed by atoms with Gasteiger partial charge in [0.25, 0.3) is 0 Å². The zero-order chi connectivity index (χ0) is 27.0. The van der Waals surface area contributed by atoms with E-state index in [0.29, 0.717) is 23.5 Å². The standard InChI is InChI=1S/C33H28O4P2/c1-2-30-31(33(34)35)23-25(36-38(26-15-7-3-8-16-26)27-17-9-4-10-18-27)24-32(30)37-39(28-19-11-5-12-20-28)29-21-13-6-14-22-29/h3-24H,2H2,1H3,(H,34,35). The molecule has 1 N–H and O–H groups in total.